The molecule has 57 heavy (non-hydrogen) atoms. The van der Waals surface area contributed by atoms with E-state index in [9.17, 15) is 0 Å². The third-order valence-electron chi connectivity index (χ3n) is 13.4. The summed E-state index contributed by atoms with van der Waals surface area (Å²) in [4.78, 5) is 0. The maximum atomic E-state index is 2.60. The molecule has 0 aromatic heterocycles. The lowest BCUT2D eigenvalue weighted by molar-refractivity contribution is 0.449. The van der Waals surface area contributed by atoms with Crippen molar-refractivity contribution in [3.63, 3.8) is 0 Å². The Hall–Kier alpha value is -4.42. The normalized spacial score (nSPS) is 14.1. The Kier molecular flexibility index (Phi) is 12.3. The number of fused-ring (bicyclic) bond motifs is 4. The minimum absolute atomic E-state index is 0.441. The molecule has 0 spiro atoms. The fraction of sp³-hybridized carbons (Fsp3) is 0.404. The van der Waals surface area contributed by atoms with Gasteiger partial charge >= 0.3 is 0 Å². The summed E-state index contributed by atoms with van der Waals surface area (Å²) in [5, 5.41) is 2.96. The van der Waals surface area contributed by atoms with Crippen LogP contribution in [0.25, 0.3) is 33.0 Å². The van der Waals surface area contributed by atoms with Gasteiger partial charge in [-0.05, 0) is 145 Å². The minimum atomic E-state index is -0.441. The van der Waals surface area contributed by atoms with Gasteiger partial charge < -0.3 is 0 Å². The number of unbranched alkanes of at least 4 members (excludes halogenated alkanes) is 2. The highest BCUT2D eigenvalue weighted by molar-refractivity contribution is 5.95. The standard InChI is InChI=1S/C57H68/c1-11-15-17-43(13-3)32-47-25-42(10)30-53-48(33-44(14-4)18-16-12-2)34-46(35-54(47)53)45-20-22-52-51-21-19-37(5)31-55(51)57(56(52)36-45,49-26-38(6)23-39(7)27-49)50-28-40(8)24-41(9)29-50/h19-31,34-36,43-44H,11-18,32-33H2,1-10H3. The first-order valence-corrected chi connectivity index (χ1v) is 22.5. The second kappa shape index (κ2) is 17.2. The molecule has 0 fully saturated rings. The predicted octanol–water partition coefficient (Wildman–Crippen LogP) is 16.2. The molecule has 0 N–H and O–H groups in total. The van der Waals surface area contributed by atoms with E-state index >= 15 is 0 Å². The minimum Gasteiger partial charge on any atom is -0.0654 e. The van der Waals surface area contributed by atoms with Crippen molar-refractivity contribution in [3.05, 3.63) is 164 Å². The van der Waals surface area contributed by atoms with Gasteiger partial charge in [0.25, 0.3) is 0 Å². The van der Waals surface area contributed by atoms with Crippen molar-refractivity contribution < 1.29 is 0 Å². The highest BCUT2D eigenvalue weighted by Crippen LogP contribution is 2.57. The van der Waals surface area contributed by atoms with Crippen LogP contribution in [0.3, 0.4) is 0 Å². The SMILES string of the molecule is CCCCC(CC)Cc1cc(-c2ccc3c(c2)C(c2cc(C)cc(C)c2)(c2cc(C)cc(C)c2)c2cc(C)ccc2-3)cc2c(CC(CC)CCCC)cc(C)cc12. The van der Waals surface area contributed by atoms with E-state index in [4.69, 9.17) is 0 Å². The first-order valence-electron chi connectivity index (χ1n) is 22.5. The zero-order chi connectivity index (χ0) is 40.4. The molecule has 0 aliphatic heterocycles. The summed E-state index contributed by atoms with van der Waals surface area (Å²) in [5.41, 5.74) is 21.5. The maximum Gasteiger partial charge on any atom is 0.0714 e. The van der Waals surface area contributed by atoms with E-state index in [1.807, 2.05) is 0 Å². The van der Waals surface area contributed by atoms with Gasteiger partial charge in [0.15, 0.2) is 0 Å². The fourth-order valence-electron chi connectivity index (χ4n) is 10.6. The Labute approximate surface area is 346 Å². The van der Waals surface area contributed by atoms with Crippen LogP contribution in [0.4, 0.5) is 0 Å². The molecule has 1 aliphatic rings. The van der Waals surface area contributed by atoms with Crippen LogP contribution in [0.2, 0.25) is 0 Å². The molecule has 0 bridgehead atoms. The monoisotopic (exact) mass is 753 g/mol. The molecule has 6 aromatic carbocycles. The van der Waals surface area contributed by atoms with Gasteiger partial charge in [0.2, 0.25) is 0 Å². The zero-order valence-corrected chi connectivity index (χ0v) is 37.0. The molecule has 296 valence electrons. The number of rotatable bonds is 15. The first-order chi connectivity index (χ1) is 27.5. The van der Waals surface area contributed by atoms with Gasteiger partial charge in [-0.2, -0.15) is 0 Å². The third-order valence-corrected chi connectivity index (χ3v) is 13.4. The van der Waals surface area contributed by atoms with Crippen molar-refractivity contribution in [2.75, 3.05) is 0 Å². The lowest BCUT2D eigenvalue weighted by Gasteiger charge is -2.35. The summed E-state index contributed by atoms with van der Waals surface area (Å²) in [7, 11) is 0. The van der Waals surface area contributed by atoms with Crippen molar-refractivity contribution in [2.45, 2.75) is 139 Å². The number of hydrogen-bond donors (Lipinski definition) is 0. The fourth-order valence-corrected chi connectivity index (χ4v) is 10.6. The third kappa shape index (κ3) is 8.04. The summed E-state index contributed by atoms with van der Waals surface area (Å²) in [6.45, 7) is 23.1. The average molecular weight is 753 g/mol. The van der Waals surface area contributed by atoms with E-state index in [1.165, 1.54) is 146 Å². The summed E-state index contributed by atoms with van der Waals surface area (Å²) in [6.07, 6.45) is 12.5. The van der Waals surface area contributed by atoms with E-state index in [2.05, 4.69) is 166 Å². The van der Waals surface area contributed by atoms with Crippen LogP contribution in [0.15, 0.2) is 97.1 Å². The summed E-state index contributed by atoms with van der Waals surface area (Å²) in [6, 6.07) is 39.4. The quantitative estimate of drug-likeness (QED) is 0.0978. The van der Waals surface area contributed by atoms with Gasteiger partial charge in [-0.3, -0.25) is 0 Å². The molecule has 0 radical (unpaired) electrons. The molecule has 0 heteroatoms. The van der Waals surface area contributed by atoms with E-state index in [0.29, 0.717) is 11.8 Å². The van der Waals surface area contributed by atoms with E-state index in [0.717, 1.165) is 12.8 Å². The van der Waals surface area contributed by atoms with Crippen molar-refractivity contribution in [1.82, 2.24) is 0 Å². The largest absolute Gasteiger partial charge is 0.0714 e. The molecular formula is C57H68. The van der Waals surface area contributed by atoms with Gasteiger partial charge in [-0.1, -0.05) is 197 Å². The van der Waals surface area contributed by atoms with Gasteiger partial charge in [0.05, 0.1) is 5.41 Å². The lowest BCUT2D eigenvalue weighted by Crippen LogP contribution is -2.29. The van der Waals surface area contributed by atoms with Crippen LogP contribution in [0.1, 0.15) is 146 Å². The predicted molar refractivity (Wildman–Crippen MR) is 249 cm³/mol. The number of benzene rings is 6. The van der Waals surface area contributed by atoms with Gasteiger partial charge in [-0.15, -0.1) is 0 Å². The van der Waals surface area contributed by atoms with Crippen molar-refractivity contribution in [1.29, 1.82) is 0 Å². The summed E-state index contributed by atoms with van der Waals surface area (Å²) >= 11 is 0. The van der Waals surface area contributed by atoms with Gasteiger partial charge in [0, 0.05) is 0 Å². The first kappa shape index (κ1) is 40.8. The highest BCUT2D eigenvalue weighted by atomic mass is 14.5. The van der Waals surface area contributed by atoms with E-state index in [-0.39, 0.29) is 0 Å². The van der Waals surface area contributed by atoms with E-state index < -0.39 is 5.41 Å². The topological polar surface area (TPSA) is 0 Å². The zero-order valence-electron chi connectivity index (χ0n) is 37.0. The molecule has 0 nitrogen and oxygen atoms in total. The second-order valence-electron chi connectivity index (χ2n) is 18.2. The molecule has 7 rings (SSSR count). The molecule has 2 atom stereocenters. The molecule has 1 aliphatic carbocycles. The van der Waals surface area contributed by atoms with Crippen molar-refractivity contribution in [3.8, 4) is 22.3 Å². The Morgan fingerprint density at radius 1 is 0.421 bits per heavy atom. The molecule has 6 aromatic rings. The second-order valence-corrected chi connectivity index (χ2v) is 18.2. The van der Waals surface area contributed by atoms with Gasteiger partial charge in [-0.25, -0.2) is 0 Å². The molecule has 0 saturated heterocycles. The van der Waals surface area contributed by atoms with Crippen LogP contribution in [0, 0.1) is 53.4 Å². The highest BCUT2D eigenvalue weighted by Gasteiger charge is 2.46. The van der Waals surface area contributed by atoms with Gasteiger partial charge in [0.1, 0.15) is 0 Å². The molecule has 2 unspecified atom stereocenters. The number of hydrogen-bond acceptors (Lipinski definition) is 0. The number of aryl methyl sites for hydroxylation is 6. The molecule has 0 saturated carbocycles. The van der Waals surface area contributed by atoms with Crippen LogP contribution in [0.5, 0.6) is 0 Å². The smallest absolute Gasteiger partial charge is 0.0654 e. The summed E-state index contributed by atoms with van der Waals surface area (Å²) in [5.74, 6) is 1.41. The summed E-state index contributed by atoms with van der Waals surface area (Å²) < 4.78 is 0. The van der Waals surface area contributed by atoms with Crippen LogP contribution in [-0.4, -0.2) is 0 Å². The Morgan fingerprint density at radius 2 is 0.895 bits per heavy atom. The van der Waals surface area contributed by atoms with Crippen molar-refractivity contribution in [2.24, 2.45) is 11.8 Å². The van der Waals surface area contributed by atoms with Crippen LogP contribution in [-0.2, 0) is 18.3 Å². The molecular weight excluding hydrogens is 685 g/mol. The van der Waals surface area contributed by atoms with Crippen LogP contribution < -0.4 is 0 Å². The van der Waals surface area contributed by atoms with Crippen LogP contribution >= 0.6 is 0 Å². The lowest BCUT2D eigenvalue weighted by atomic mass is 9.66. The molecule has 0 heterocycles. The Balaban J connectivity index is 1.52. The molecule has 0 amide bonds. The van der Waals surface area contributed by atoms with E-state index in [1.54, 1.807) is 5.56 Å². The average Bonchev–Trinajstić information content (AvgIpc) is 3.46. The van der Waals surface area contributed by atoms with Crippen molar-refractivity contribution >= 4 is 10.8 Å². The maximum absolute atomic E-state index is 2.60. The Bertz CT molecular complexity index is 2290. The Morgan fingerprint density at radius 3 is 1.42 bits per heavy atom.